The second-order valence-electron chi connectivity index (χ2n) is 5.08. The molecule has 1 aliphatic rings. The molecular weight excluding hydrogens is 342 g/mol. The molecule has 0 radical (unpaired) electrons. The molecular formula is C18H32ClN3O3. The molecule has 1 heterocycles. The summed E-state index contributed by atoms with van der Waals surface area (Å²) < 4.78 is 0. The van der Waals surface area contributed by atoms with E-state index in [4.69, 9.17) is 17.3 Å². The Bertz CT molecular complexity index is 560. The van der Waals surface area contributed by atoms with Crippen molar-refractivity contribution in [1.29, 1.82) is 0 Å². The van der Waals surface area contributed by atoms with Crippen molar-refractivity contribution in [1.82, 2.24) is 4.90 Å². The Morgan fingerprint density at radius 1 is 1.24 bits per heavy atom. The number of anilines is 1. The molecule has 7 heteroatoms. The van der Waals surface area contributed by atoms with Crippen molar-refractivity contribution in [3.63, 3.8) is 0 Å². The molecule has 2 rings (SSSR count). The lowest BCUT2D eigenvalue weighted by Gasteiger charge is -2.14. The Morgan fingerprint density at radius 3 is 2.04 bits per heavy atom. The number of carbonyl (C=O) groups excluding carboxylic acids is 2. The number of hydrogen-bond acceptors (Lipinski definition) is 4. The first kappa shape index (κ1) is 25.6. The van der Waals surface area contributed by atoms with Crippen molar-refractivity contribution in [3.05, 3.63) is 28.3 Å². The smallest absolute Gasteiger partial charge is 0.260 e. The molecule has 1 aliphatic heterocycles. The van der Waals surface area contributed by atoms with Crippen LogP contribution in [0.15, 0.2) is 12.1 Å². The van der Waals surface area contributed by atoms with Gasteiger partial charge in [-0.05, 0) is 40.2 Å². The molecule has 0 spiro atoms. The van der Waals surface area contributed by atoms with Crippen LogP contribution in [0.25, 0.3) is 0 Å². The number of nitrogens with zero attached hydrogens (tertiary/aromatic N) is 2. The average Bonchev–Trinajstić information content (AvgIpc) is 2.81. The Labute approximate surface area is 156 Å². The molecule has 0 aliphatic carbocycles. The average molecular weight is 374 g/mol. The zero-order valence-electron chi connectivity index (χ0n) is 16.6. The van der Waals surface area contributed by atoms with Crippen LogP contribution < -0.4 is 10.6 Å². The van der Waals surface area contributed by atoms with Crippen LogP contribution in [0, 0.1) is 0 Å². The summed E-state index contributed by atoms with van der Waals surface area (Å²) in [5.41, 5.74) is 6.17. The molecule has 0 saturated carbocycles. The summed E-state index contributed by atoms with van der Waals surface area (Å²) in [4.78, 5) is 26.2. The van der Waals surface area contributed by atoms with Gasteiger partial charge in [-0.3, -0.25) is 9.59 Å². The normalized spacial score (nSPS) is 14.4. The number of carbonyl (C=O) groups is 2. The van der Waals surface area contributed by atoms with Crippen molar-refractivity contribution in [3.8, 4) is 0 Å². The van der Waals surface area contributed by atoms with E-state index in [1.807, 2.05) is 53.7 Å². The summed E-state index contributed by atoms with van der Waals surface area (Å²) in [7, 11) is 6.00. The maximum absolute atomic E-state index is 11.7. The van der Waals surface area contributed by atoms with Crippen LogP contribution in [-0.4, -0.2) is 49.5 Å². The minimum Gasteiger partial charge on any atom is -0.378 e. The number of aliphatic hydroxyl groups excluding tert-OH is 1. The molecule has 1 unspecified atom stereocenters. The number of fused-ring (bicyclic) bond motifs is 1. The lowest BCUT2D eigenvalue weighted by molar-refractivity contribution is -0.125. The predicted octanol–water partition coefficient (Wildman–Crippen LogP) is 3.07. The zero-order chi connectivity index (χ0) is 20.3. The standard InChI is InChI=1S/C11H11ClN2O3.C3H9N.2C2H6/c1-2-14-7-4-5(10(13)16)3-6(12)8(7)9(15)11(14)17;1-4(2)3;2*1-2/h3-4,9,15H,2H2,1H3,(H2,13,16);1-3H3;2*1-2H3. The fourth-order valence-corrected chi connectivity index (χ4v) is 2.27. The molecule has 1 aromatic rings. The maximum Gasteiger partial charge on any atom is 0.260 e. The van der Waals surface area contributed by atoms with Crippen LogP contribution in [-0.2, 0) is 4.79 Å². The van der Waals surface area contributed by atoms with Crippen LogP contribution in [0.5, 0.6) is 0 Å². The van der Waals surface area contributed by atoms with Gasteiger partial charge in [-0.2, -0.15) is 0 Å². The number of amides is 2. The number of nitrogens with two attached hydrogens (primary N) is 1. The van der Waals surface area contributed by atoms with Gasteiger partial charge in [-0.15, -0.1) is 0 Å². The van der Waals surface area contributed by atoms with E-state index in [1.165, 1.54) is 17.0 Å². The van der Waals surface area contributed by atoms with Crippen molar-refractivity contribution in [2.75, 3.05) is 32.6 Å². The van der Waals surface area contributed by atoms with E-state index in [1.54, 1.807) is 6.92 Å². The molecule has 3 N–H and O–H groups in total. The maximum atomic E-state index is 11.7. The van der Waals surface area contributed by atoms with Gasteiger partial charge in [-0.1, -0.05) is 39.3 Å². The third-order valence-corrected chi connectivity index (χ3v) is 3.09. The van der Waals surface area contributed by atoms with Gasteiger partial charge >= 0.3 is 0 Å². The molecule has 25 heavy (non-hydrogen) atoms. The molecule has 1 atom stereocenters. The zero-order valence-corrected chi connectivity index (χ0v) is 17.3. The second-order valence-corrected chi connectivity index (χ2v) is 5.49. The van der Waals surface area contributed by atoms with Crippen LogP contribution in [0.2, 0.25) is 5.02 Å². The first-order valence-electron chi connectivity index (χ1n) is 8.44. The Morgan fingerprint density at radius 2 is 1.68 bits per heavy atom. The molecule has 0 bridgehead atoms. The van der Waals surface area contributed by atoms with Crippen LogP contribution in [0.4, 0.5) is 5.69 Å². The SMILES string of the molecule is CC.CC.CCN1C(=O)C(O)c2c(Cl)cc(C(N)=O)cc21.CN(C)C. The number of rotatable bonds is 2. The number of likely N-dealkylation sites (N-methyl/N-ethyl adjacent to an activating group) is 1. The van der Waals surface area contributed by atoms with Crippen LogP contribution >= 0.6 is 11.6 Å². The molecule has 0 aromatic heterocycles. The van der Waals surface area contributed by atoms with Gasteiger partial charge in [0.1, 0.15) is 0 Å². The molecule has 1 aromatic carbocycles. The van der Waals surface area contributed by atoms with Crippen LogP contribution in [0.1, 0.15) is 56.6 Å². The summed E-state index contributed by atoms with van der Waals surface area (Å²) in [5.74, 6) is -1.06. The summed E-state index contributed by atoms with van der Waals surface area (Å²) >= 11 is 5.95. The number of hydrogen-bond donors (Lipinski definition) is 2. The van der Waals surface area contributed by atoms with E-state index in [2.05, 4.69) is 0 Å². The van der Waals surface area contributed by atoms with Crippen LogP contribution in [0.3, 0.4) is 0 Å². The van der Waals surface area contributed by atoms with E-state index < -0.39 is 17.9 Å². The molecule has 2 amide bonds. The van der Waals surface area contributed by atoms with E-state index in [0.717, 1.165) is 0 Å². The number of aliphatic hydroxyl groups is 1. The van der Waals surface area contributed by atoms with Gasteiger partial charge < -0.3 is 20.6 Å². The summed E-state index contributed by atoms with van der Waals surface area (Å²) in [6, 6.07) is 2.83. The largest absolute Gasteiger partial charge is 0.378 e. The molecule has 144 valence electrons. The Hall–Kier alpha value is -1.63. The van der Waals surface area contributed by atoms with Gasteiger partial charge in [0, 0.05) is 22.7 Å². The lowest BCUT2D eigenvalue weighted by Crippen LogP contribution is -2.28. The first-order valence-corrected chi connectivity index (χ1v) is 8.82. The quantitative estimate of drug-likeness (QED) is 0.833. The van der Waals surface area contributed by atoms with Gasteiger partial charge in [0.25, 0.3) is 5.91 Å². The molecule has 0 fully saturated rings. The van der Waals surface area contributed by atoms with Gasteiger partial charge in [0.15, 0.2) is 6.10 Å². The molecule has 0 saturated heterocycles. The van der Waals surface area contributed by atoms with Crippen molar-refractivity contribution in [2.45, 2.75) is 40.7 Å². The highest BCUT2D eigenvalue weighted by Gasteiger charge is 2.37. The van der Waals surface area contributed by atoms with Crippen molar-refractivity contribution >= 4 is 29.1 Å². The summed E-state index contributed by atoms with van der Waals surface area (Å²) in [6.45, 7) is 10.2. The first-order chi connectivity index (χ1) is 11.7. The molecule has 6 nitrogen and oxygen atoms in total. The highest BCUT2D eigenvalue weighted by molar-refractivity contribution is 6.33. The predicted molar refractivity (Wildman–Crippen MR) is 105 cm³/mol. The fraction of sp³-hybridized carbons (Fsp3) is 0.556. The second kappa shape index (κ2) is 12.7. The third-order valence-electron chi connectivity index (χ3n) is 2.77. The summed E-state index contributed by atoms with van der Waals surface area (Å²) in [5, 5.41) is 9.94. The Kier molecular flexibility index (Phi) is 13.0. The van der Waals surface area contributed by atoms with E-state index in [-0.39, 0.29) is 10.6 Å². The minimum absolute atomic E-state index is 0.174. The topological polar surface area (TPSA) is 86.9 Å². The highest BCUT2D eigenvalue weighted by atomic mass is 35.5. The van der Waals surface area contributed by atoms with E-state index in [0.29, 0.717) is 17.8 Å². The minimum atomic E-state index is -1.26. The fourth-order valence-electron chi connectivity index (χ4n) is 1.96. The third kappa shape index (κ3) is 7.02. The lowest BCUT2D eigenvalue weighted by atomic mass is 10.1. The number of primary amides is 1. The Balaban J connectivity index is 0. The van der Waals surface area contributed by atoms with Crippen molar-refractivity contribution in [2.24, 2.45) is 5.73 Å². The number of halogens is 1. The monoisotopic (exact) mass is 373 g/mol. The summed E-state index contributed by atoms with van der Waals surface area (Å²) in [6.07, 6.45) is -1.26. The van der Waals surface area contributed by atoms with E-state index in [9.17, 15) is 14.7 Å². The highest BCUT2D eigenvalue weighted by Crippen LogP contribution is 2.41. The van der Waals surface area contributed by atoms with Crippen molar-refractivity contribution < 1.29 is 14.7 Å². The van der Waals surface area contributed by atoms with Gasteiger partial charge in [-0.25, -0.2) is 0 Å². The van der Waals surface area contributed by atoms with Gasteiger partial charge in [0.05, 0.1) is 5.69 Å². The van der Waals surface area contributed by atoms with E-state index >= 15 is 0 Å². The number of benzene rings is 1. The van der Waals surface area contributed by atoms with Gasteiger partial charge in [0.2, 0.25) is 5.91 Å².